The second-order valence-corrected chi connectivity index (χ2v) is 11.8. The molecule has 0 radical (unpaired) electrons. The Morgan fingerprint density at radius 3 is 1.91 bits per heavy atom. The van der Waals surface area contributed by atoms with Crippen LogP contribution < -0.4 is 19.4 Å². The van der Waals surface area contributed by atoms with Crippen molar-refractivity contribution in [1.82, 2.24) is 9.97 Å². The topological polar surface area (TPSA) is 61.8 Å². The number of rotatable bonds is 7. The molecule has 0 saturated carbocycles. The van der Waals surface area contributed by atoms with Crippen LogP contribution in [0.5, 0.6) is 11.5 Å². The third-order valence-electron chi connectivity index (χ3n) is 9.49. The summed E-state index contributed by atoms with van der Waals surface area (Å²) in [6, 6.07) is 26.9. The second kappa shape index (κ2) is 10.9. The van der Waals surface area contributed by atoms with Crippen molar-refractivity contribution < 1.29 is 9.53 Å². The normalized spacial score (nSPS) is 14.3. The van der Waals surface area contributed by atoms with Crippen LogP contribution in [-0.2, 0) is 5.54 Å². The fraction of sp³-hybridized carbons (Fsp3) is 0.289. The van der Waals surface area contributed by atoms with Gasteiger partial charge in [0.2, 0.25) is 0 Å². The van der Waals surface area contributed by atoms with Crippen LogP contribution >= 0.6 is 0 Å². The van der Waals surface area contributed by atoms with Gasteiger partial charge in [-0.3, -0.25) is 9.69 Å². The highest BCUT2D eigenvalue weighted by Crippen LogP contribution is 2.59. The van der Waals surface area contributed by atoms with E-state index in [4.69, 9.17) is 14.7 Å². The summed E-state index contributed by atoms with van der Waals surface area (Å²) < 4.78 is 6.84. The summed E-state index contributed by atoms with van der Waals surface area (Å²) >= 11 is 0. The quantitative estimate of drug-likeness (QED) is 0.190. The minimum absolute atomic E-state index is 0.0961. The molecule has 2 aromatic heterocycles. The van der Waals surface area contributed by atoms with Gasteiger partial charge in [-0.1, -0.05) is 30.3 Å². The lowest BCUT2D eigenvalue weighted by Gasteiger charge is -2.44. The number of carbonyl (C=O) groups is 1. The first-order valence-corrected chi connectivity index (χ1v) is 16.0. The minimum atomic E-state index is -1.00. The number of anilines is 3. The van der Waals surface area contributed by atoms with Crippen LogP contribution in [0.4, 0.5) is 17.2 Å². The molecule has 45 heavy (non-hydrogen) atoms. The fourth-order valence-electron chi connectivity index (χ4n) is 7.35. The van der Waals surface area contributed by atoms with Gasteiger partial charge in [0.15, 0.2) is 5.65 Å². The van der Waals surface area contributed by atoms with Crippen molar-refractivity contribution in [1.29, 1.82) is 0 Å². The second-order valence-electron chi connectivity index (χ2n) is 11.8. The first kappa shape index (κ1) is 28.8. The van der Waals surface area contributed by atoms with E-state index in [1.165, 1.54) is 0 Å². The lowest BCUT2D eigenvalue weighted by atomic mass is 9.74. The van der Waals surface area contributed by atoms with Gasteiger partial charge in [-0.15, -0.1) is 0 Å². The molecule has 0 N–H and O–H groups in total. The highest BCUT2D eigenvalue weighted by Gasteiger charge is 2.57. The van der Waals surface area contributed by atoms with Gasteiger partial charge in [-0.05, 0) is 83.5 Å². The van der Waals surface area contributed by atoms with E-state index in [1.807, 2.05) is 42.2 Å². The van der Waals surface area contributed by atoms with Crippen molar-refractivity contribution in [2.45, 2.75) is 47.1 Å². The highest BCUT2D eigenvalue weighted by molar-refractivity contribution is 6.14. The number of hydrogen-bond donors (Lipinski definition) is 0. The zero-order valence-electron chi connectivity index (χ0n) is 26.9. The van der Waals surface area contributed by atoms with Crippen LogP contribution in [0.3, 0.4) is 0 Å². The molecule has 0 unspecified atom stereocenters. The van der Waals surface area contributed by atoms with Crippen LogP contribution in [0.1, 0.15) is 66.0 Å². The molecule has 0 saturated heterocycles. The first-order valence-electron chi connectivity index (χ1n) is 16.0. The van der Waals surface area contributed by atoms with E-state index >= 15 is 0 Å². The van der Waals surface area contributed by atoms with Crippen LogP contribution in [0.25, 0.3) is 11.0 Å². The highest BCUT2D eigenvalue weighted by atomic mass is 16.5. The Kier molecular flexibility index (Phi) is 6.99. The Hall–Kier alpha value is -4.91. The lowest BCUT2D eigenvalue weighted by Crippen LogP contribution is -2.48. The van der Waals surface area contributed by atoms with Crippen LogP contribution in [0.2, 0.25) is 0 Å². The number of carbonyl (C=O) groups excluding carboxylic acids is 1. The number of nitrogens with zero attached hydrogens (tertiary/aromatic N) is 5. The summed E-state index contributed by atoms with van der Waals surface area (Å²) in [6.07, 6.45) is 0. The number of hydrogen-bond acceptors (Lipinski definition) is 6. The Labute approximate surface area is 265 Å². The smallest absolute Gasteiger partial charge is 0.261 e. The maximum absolute atomic E-state index is 14.7. The van der Waals surface area contributed by atoms with Crippen molar-refractivity contribution in [3.8, 4) is 11.5 Å². The summed E-state index contributed by atoms with van der Waals surface area (Å²) in [5.41, 5.74) is 7.20. The van der Waals surface area contributed by atoms with E-state index in [0.717, 1.165) is 82.4 Å². The average Bonchev–Trinajstić information content (AvgIpc) is 3.30. The number of benzene rings is 3. The van der Waals surface area contributed by atoms with Gasteiger partial charge < -0.3 is 14.5 Å². The molecule has 7 rings (SSSR count). The van der Waals surface area contributed by atoms with Crippen molar-refractivity contribution >= 4 is 34.1 Å². The van der Waals surface area contributed by atoms with Gasteiger partial charge in [0.05, 0.1) is 0 Å². The van der Waals surface area contributed by atoms with Gasteiger partial charge >= 0.3 is 0 Å². The number of aryl methyl sites for hydroxylation is 2. The molecule has 2 aliphatic heterocycles. The lowest BCUT2D eigenvalue weighted by molar-refractivity contribution is 0.0985. The summed E-state index contributed by atoms with van der Waals surface area (Å²) in [6.45, 7) is 16.2. The Morgan fingerprint density at radius 1 is 0.711 bits per heavy atom. The minimum Gasteiger partial charge on any atom is -0.456 e. The fourth-order valence-corrected chi connectivity index (χ4v) is 7.35. The molecule has 0 fully saturated rings. The zero-order chi connectivity index (χ0) is 31.5. The van der Waals surface area contributed by atoms with E-state index in [0.29, 0.717) is 17.0 Å². The molecule has 1 amide bonds. The molecule has 1 spiro atoms. The molecule has 4 heterocycles. The number of aromatic nitrogens is 2. The van der Waals surface area contributed by atoms with Crippen molar-refractivity contribution in [3.05, 3.63) is 112 Å². The average molecular weight is 598 g/mol. The maximum Gasteiger partial charge on any atom is 0.261 e. The Morgan fingerprint density at radius 2 is 1.31 bits per heavy atom. The predicted molar refractivity (Wildman–Crippen MR) is 182 cm³/mol. The standard InChI is InChI=1S/C38H39N5O2/c1-7-41(8-2)26-15-18-31-33(22-26)45-34-23-27(42(9-3)10-4)16-19-32(34)38(31)30-14-12-11-13-29(30)37(44)43(38)35-20-17-28-24(5)21-25(6)39-36(28)40-35/h11-23H,7-10H2,1-6H3. The molecule has 7 nitrogen and oxygen atoms in total. The van der Waals surface area contributed by atoms with E-state index in [1.54, 1.807) is 0 Å². The van der Waals surface area contributed by atoms with Crippen molar-refractivity contribution in [2.24, 2.45) is 0 Å². The number of fused-ring (bicyclic) bond motifs is 7. The summed E-state index contributed by atoms with van der Waals surface area (Å²) in [5, 5.41) is 0.975. The van der Waals surface area contributed by atoms with Crippen LogP contribution in [0, 0.1) is 13.8 Å². The first-order chi connectivity index (χ1) is 21.8. The number of ether oxygens (including phenoxy) is 1. The SMILES string of the molecule is CCN(CC)c1ccc2c(c1)Oc1cc(N(CC)CC)ccc1C21c2ccccc2C(=O)N1c1ccc2c(C)cc(C)nc2n1. The van der Waals surface area contributed by atoms with E-state index in [2.05, 4.69) is 92.9 Å². The van der Waals surface area contributed by atoms with Crippen molar-refractivity contribution in [3.63, 3.8) is 0 Å². The molecular weight excluding hydrogens is 558 g/mol. The largest absolute Gasteiger partial charge is 0.456 e. The van der Waals surface area contributed by atoms with Crippen molar-refractivity contribution in [2.75, 3.05) is 40.9 Å². The number of pyridine rings is 2. The van der Waals surface area contributed by atoms with E-state index in [-0.39, 0.29) is 5.91 Å². The van der Waals surface area contributed by atoms with Gasteiger partial charge in [-0.2, -0.15) is 0 Å². The van der Waals surface area contributed by atoms with Gasteiger partial charge in [0.1, 0.15) is 22.9 Å². The molecule has 0 atom stereocenters. The molecule has 3 aromatic carbocycles. The van der Waals surface area contributed by atoms with E-state index < -0.39 is 5.54 Å². The van der Waals surface area contributed by atoms with Gasteiger partial charge in [-0.25, -0.2) is 9.97 Å². The zero-order valence-corrected chi connectivity index (χ0v) is 26.9. The monoisotopic (exact) mass is 597 g/mol. The summed E-state index contributed by atoms with van der Waals surface area (Å²) in [4.78, 5) is 31.1. The molecule has 228 valence electrons. The third-order valence-corrected chi connectivity index (χ3v) is 9.49. The third kappa shape index (κ3) is 4.20. The molecular formula is C38H39N5O2. The summed E-state index contributed by atoms with van der Waals surface area (Å²) in [7, 11) is 0. The molecule has 7 heteroatoms. The molecule has 0 bridgehead atoms. The van der Waals surface area contributed by atoms with Gasteiger partial charge in [0, 0.05) is 83.0 Å². The summed E-state index contributed by atoms with van der Waals surface area (Å²) in [5.74, 6) is 1.94. The Balaban J connectivity index is 1.56. The van der Waals surface area contributed by atoms with Crippen LogP contribution in [0.15, 0.2) is 78.9 Å². The molecule has 2 aliphatic rings. The van der Waals surface area contributed by atoms with E-state index in [9.17, 15) is 4.79 Å². The van der Waals surface area contributed by atoms with Crippen LogP contribution in [-0.4, -0.2) is 42.1 Å². The molecule has 0 aliphatic carbocycles. The predicted octanol–water partition coefficient (Wildman–Crippen LogP) is 8.00. The Bertz CT molecular complexity index is 1900. The van der Waals surface area contributed by atoms with Gasteiger partial charge in [0.25, 0.3) is 5.91 Å². The maximum atomic E-state index is 14.7. The number of amides is 1. The molecule has 5 aromatic rings.